The molecule has 3 aromatic rings. The smallest absolute Gasteiger partial charge is 0.241 e. The highest BCUT2D eigenvalue weighted by Crippen LogP contribution is 2.32. The minimum absolute atomic E-state index is 0.0471. The van der Waals surface area contributed by atoms with Gasteiger partial charge in [0.15, 0.2) is 0 Å². The summed E-state index contributed by atoms with van der Waals surface area (Å²) < 4.78 is 20.0. The van der Waals surface area contributed by atoms with Gasteiger partial charge >= 0.3 is 0 Å². The van der Waals surface area contributed by atoms with Crippen LogP contribution in [0.4, 0.5) is 4.39 Å². The summed E-state index contributed by atoms with van der Waals surface area (Å²) >= 11 is 6.93. The Hall–Kier alpha value is -2.70. The molecule has 0 spiro atoms. The number of thiocarbonyl (C=S) groups is 1. The van der Waals surface area contributed by atoms with Crippen LogP contribution in [0.15, 0.2) is 78.9 Å². The maximum Gasteiger partial charge on any atom is 0.241 e. The van der Waals surface area contributed by atoms with Crippen molar-refractivity contribution in [2.75, 3.05) is 6.54 Å². The van der Waals surface area contributed by atoms with Gasteiger partial charge in [0.2, 0.25) is 5.91 Å². The number of para-hydroxylation sites is 1. The molecule has 4 rings (SSSR count). The zero-order valence-corrected chi connectivity index (χ0v) is 18.5. The maximum atomic E-state index is 13.4. The van der Waals surface area contributed by atoms with Gasteiger partial charge in [0.05, 0.1) is 5.25 Å². The summed E-state index contributed by atoms with van der Waals surface area (Å²) in [6.07, 6.45) is 1.30. The van der Waals surface area contributed by atoms with Gasteiger partial charge in [0, 0.05) is 6.54 Å². The van der Waals surface area contributed by atoms with Crippen LogP contribution in [0.3, 0.4) is 0 Å². The molecular weight excluding hydrogens is 429 g/mol. The van der Waals surface area contributed by atoms with Crippen LogP contribution in [-0.4, -0.2) is 26.9 Å². The monoisotopic (exact) mass is 451 g/mol. The zero-order valence-electron chi connectivity index (χ0n) is 16.9. The minimum Gasteiger partial charge on any atom is -0.489 e. The van der Waals surface area contributed by atoms with Gasteiger partial charge in [-0.3, -0.25) is 9.69 Å². The topological polar surface area (TPSA) is 29.5 Å². The van der Waals surface area contributed by atoms with Crippen LogP contribution in [0.1, 0.15) is 16.7 Å². The van der Waals surface area contributed by atoms with Crippen molar-refractivity contribution >= 4 is 34.2 Å². The Morgan fingerprint density at radius 1 is 0.968 bits per heavy atom. The fourth-order valence-electron chi connectivity index (χ4n) is 3.52. The van der Waals surface area contributed by atoms with Gasteiger partial charge in [-0.25, -0.2) is 4.39 Å². The van der Waals surface area contributed by atoms with E-state index in [0.717, 1.165) is 17.5 Å². The summed E-state index contributed by atoms with van der Waals surface area (Å²) in [6.45, 7) is 0.852. The van der Waals surface area contributed by atoms with Crippen molar-refractivity contribution in [3.63, 3.8) is 0 Å². The van der Waals surface area contributed by atoms with E-state index in [1.807, 2.05) is 48.5 Å². The lowest BCUT2D eigenvalue weighted by Gasteiger charge is -2.16. The second-order valence-electron chi connectivity index (χ2n) is 7.33. The highest BCUT2D eigenvalue weighted by molar-refractivity contribution is 8.24. The number of halogens is 1. The lowest BCUT2D eigenvalue weighted by atomic mass is 10.1. The van der Waals surface area contributed by atoms with Crippen LogP contribution >= 0.6 is 24.0 Å². The van der Waals surface area contributed by atoms with E-state index >= 15 is 0 Å². The zero-order chi connectivity index (χ0) is 21.6. The number of carbonyl (C=O) groups excluding carboxylic acids is 1. The summed E-state index contributed by atoms with van der Waals surface area (Å²) in [7, 11) is 0. The molecule has 6 heteroatoms. The van der Waals surface area contributed by atoms with E-state index in [9.17, 15) is 9.18 Å². The lowest BCUT2D eigenvalue weighted by molar-refractivity contribution is -0.126. The van der Waals surface area contributed by atoms with E-state index in [0.29, 0.717) is 23.0 Å². The summed E-state index contributed by atoms with van der Waals surface area (Å²) in [5.74, 6) is 0.464. The summed E-state index contributed by atoms with van der Waals surface area (Å²) in [5.41, 5.74) is 2.88. The normalized spacial score (nSPS) is 16.0. The predicted molar refractivity (Wildman–Crippen MR) is 127 cm³/mol. The average Bonchev–Trinajstić information content (AvgIpc) is 3.05. The van der Waals surface area contributed by atoms with Crippen molar-refractivity contribution in [1.29, 1.82) is 0 Å². The molecule has 0 unspecified atom stereocenters. The number of carbonyl (C=O) groups is 1. The quantitative estimate of drug-likeness (QED) is 0.428. The number of rotatable bonds is 8. The minimum atomic E-state index is -0.286. The van der Waals surface area contributed by atoms with Gasteiger partial charge < -0.3 is 4.74 Å². The molecule has 1 heterocycles. The number of ether oxygens (including phenoxy) is 1. The van der Waals surface area contributed by atoms with Gasteiger partial charge in [-0.05, 0) is 47.7 Å². The first-order valence-corrected chi connectivity index (χ1v) is 11.4. The largest absolute Gasteiger partial charge is 0.489 e. The summed E-state index contributed by atoms with van der Waals surface area (Å²) in [5, 5.41) is -0.262. The van der Waals surface area contributed by atoms with Crippen LogP contribution in [0, 0.1) is 5.82 Å². The molecule has 0 bridgehead atoms. The Morgan fingerprint density at radius 3 is 2.52 bits per heavy atom. The van der Waals surface area contributed by atoms with Gasteiger partial charge in [-0.15, -0.1) is 0 Å². The van der Waals surface area contributed by atoms with Crippen molar-refractivity contribution in [1.82, 2.24) is 4.90 Å². The van der Waals surface area contributed by atoms with E-state index < -0.39 is 0 Å². The van der Waals surface area contributed by atoms with E-state index in [4.69, 9.17) is 17.0 Å². The molecule has 1 aliphatic heterocycles. The van der Waals surface area contributed by atoms with Crippen LogP contribution < -0.4 is 4.74 Å². The van der Waals surface area contributed by atoms with Crippen LogP contribution in [-0.2, 0) is 24.2 Å². The Labute approximate surface area is 191 Å². The van der Waals surface area contributed by atoms with Gasteiger partial charge in [0.25, 0.3) is 0 Å². The third kappa shape index (κ3) is 5.51. The molecule has 1 amide bonds. The van der Waals surface area contributed by atoms with Crippen molar-refractivity contribution in [3.8, 4) is 5.75 Å². The number of nitrogens with zero attached hydrogens (tertiary/aromatic N) is 1. The highest BCUT2D eigenvalue weighted by Gasteiger charge is 2.36. The number of benzene rings is 3. The molecule has 0 N–H and O–H groups in total. The molecule has 1 aliphatic rings. The molecule has 0 aliphatic carbocycles. The third-order valence-electron chi connectivity index (χ3n) is 5.13. The fourth-order valence-corrected chi connectivity index (χ4v) is 5.09. The molecule has 3 aromatic carbocycles. The highest BCUT2D eigenvalue weighted by atomic mass is 32.2. The van der Waals surface area contributed by atoms with Crippen molar-refractivity contribution in [2.24, 2.45) is 0 Å². The number of thioether (sulfide) groups is 1. The molecule has 31 heavy (non-hydrogen) atoms. The number of hydrogen-bond acceptors (Lipinski definition) is 4. The van der Waals surface area contributed by atoms with E-state index in [2.05, 4.69) is 12.1 Å². The van der Waals surface area contributed by atoms with Gasteiger partial charge in [-0.2, -0.15) is 0 Å². The van der Waals surface area contributed by atoms with Crippen molar-refractivity contribution in [3.05, 3.63) is 101 Å². The van der Waals surface area contributed by atoms with Crippen molar-refractivity contribution in [2.45, 2.75) is 24.7 Å². The van der Waals surface area contributed by atoms with Gasteiger partial charge in [0.1, 0.15) is 22.5 Å². The Bertz CT molecular complexity index is 1070. The molecular formula is C25H22FNO2S2. The van der Waals surface area contributed by atoms with E-state index in [1.54, 1.807) is 11.0 Å². The standard InChI is InChI=1S/C25H22FNO2S2/c26-21-11-6-9-19(15-21)17-29-22-12-5-4-10-20(22)16-23-24(28)27(25(30)31-23)14-13-18-7-2-1-3-8-18/h1-12,15,23H,13-14,16-17H2/t23-/m1/s1. The second-order valence-corrected chi connectivity index (χ2v) is 9.16. The van der Waals surface area contributed by atoms with Gasteiger partial charge in [-0.1, -0.05) is 84.6 Å². The molecule has 1 fully saturated rings. The Balaban J connectivity index is 1.40. The number of hydrogen-bond donors (Lipinski definition) is 0. The SMILES string of the molecule is O=C1[C@@H](Cc2ccccc2OCc2cccc(F)c2)SC(=S)N1CCc1ccccc1. The van der Waals surface area contributed by atoms with Crippen LogP contribution in [0.25, 0.3) is 0 Å². The molecule has 1 saturated heterocycles. The Morgan fingerprint density at radius 2 is 1.71 bits per heavy atom. The Kier molecular flexibility index (Phi) is 6.99. The number of amides is 1. The molecule has 0 saturated carbocycles. The average molecular weight is 452 g/mol. The van der Waals surface area contributed by atoms with E-state index in [-0.39, 0.29) is 23.6 Å². The first-order valence-electron chi connectivity index (χ1n) is 10.1. The second kappa shape index (κ2) is 10.1. The van der Waals surface area contributed by atoms with Crippen LogP contribution in [0.5, 0.6) is 5.75 Å². The third-order valence-corrected chi connectivity index (χ3v) is 6.72. The molecule has 0 aromatic heterocycles. The summed E-state index contributed by atoms with van der Waals surface area (Å²) in [4.78, 5) is 14.7. The summed E-state index contributed by atoms with van der Waals surface area (Å²) in [6, 6.07) is 24.1. The molecule has 3 nitrogen and oxygen atoms in total. The fraction of sp³-hybridized carbons (Fsp3) is 0.200. The maximum absolute atomic E-state index is 13.4. The first kappa shape index (κ1) is 21.5. The van der Waals surface area contributed by atoms with Crippen molar-refractivity contribution < 1.29 is 13.9 Å². The molecule has 0 radical (unpaired) electrons. The predicted octanol–water partition coefficient (Wildman–Crippen LogP) is 5.42. The first-order chi connectivity index (χ1) is 15.1. The lowest BCUT2D eigenvalue weighted by Crippen LogP contribution is -2.33. The van der Waals surface area contributed by atoms with E-state index in [1.165, 1.54) is 29.5 Å². The molecule has 158 valence electrons. The molecule has 1 atom stereocenters. The van der Waals surface area contributed by atoms with Crippen LogP contribution in [0.2, 0.25) is 0 Å².